The van der Waals surface area contributed by atoms with E-state index < -0.39 is 15.6 Å². The summed E-state index contributed by atoms with van der Waals surface area (Å²) >= 11 is 3.27. The maximum atomic E-state index is 12.7. The lowest BCUT2D eigenvalue weighted by Crippen LogP contribution is -2.45. The topological polar surface area (TPSA) is 63.4 Å². The van der Waals surface area contributed by atoms with Gasteiger partial charge in [-0.25, -0.2) is 8.42 Å². The first kappa shape index (κ1) is 16.2. The molecule has 0 aliphatic rings. The number of nitrogens with two attached hydrogens (primary N) is 1. The molecule has 0 saturated carbocycles. The fourth-order valence-electron chi connectivity index (χ4n) is 1.69. The van der Waals surface area contributed by atoms with Crippen LogP contribution >= 0.6 is 15.9 Å². The Kier molecular flexibility index (Phi) is 4.81. The Morgan fingerprint density at radius 3 is 2.47 bits per heavy atom. The molecule has 0 atom stereocenters. The van der Waals surface area contributed by atoms with Gasteiger partial charge in [-0.2, -0.15) is 4.31 Å². The minimum Gasteiger partial charge on any atom is -0.399 e. The van der Waals surface area contributed by atoms with E-state index in [4.69, 9.17) is 5.73 Å². The molecule has 0 saturated heterocycles. The maximum absolute atomic E-state index is 12.7. The highest BCUT2D eigenvalue weighted by Gasteiger charge is 2.34. The molecule has 0 amide bonds. The van der Waals surface area contributed by atoms with Crippen molar-refractivity contribution in [3.8, 4) is 0 Å². The van der Waals surface area contributed by atoms with Crippen LogP contribution in [0.5, 0.6) is 0 Å². The molecular weight excluding hydrogens is 328 g/mol. The van der Waals surface area contributed by atoms with Crippen molar-refractivity contribution >= 4 is 31.6 Å². The van der Waals surface area contributed by atoms with Gasteiger partial charge in [0.2, 0.25) is 10.0 Å². The van der Waals surface area contributed by atoms with E-state index in [-0.39, 0.29) is 11.4 Å². The Labute approximate surface area is 123 Å². The highest BCUT2D eigenvalue weighted by Crippen LogP contribution is 2.30. The molecule has 1 rings (SSSR count). The van der Waals surface area contributed by atoms with Crippen molar-refractivity contribution in [2.24, 2.45) is 0 Å². The largest absolute Gasteiger partial charge is 0.399 e. The molecule has 0 unspecified atom stereocenters. The molecule has 6 heteroatoms. The van der Waals surface area contributed by atoms with Gasteiger partial charge in [0.15, 0.2) is 0 Å². The van der Waals surface area contributed by atoms with Crippen molar-refractivity contribution in [3.05, 3.63) is 35.3 Å². The van der Waals surface area contributed by atoms with Gasteiger partial charge in [0.05, 0.1) is 4.90 Å². The van der Waals surface area contributed by atoms with Crippen molar-refractivity contribution in [2.45, 2.75) is 31.2 Å². The molecule has 0 spiro atoms. The summed E-state index contributed by atoms with van der Waals surface area (Å²) in [7, 11) is -3.64. The molecule has 0 aliphatic carbocycles. The zero-order valence-electron chi connectivity index (χ0n) is 11.4. The van der Waals surface area contributed by atoms with Gasteiger partial charge in [-0.3, -0.25) is 0 Å². The SMILES string of the molecule is C=CCN(C(C)(C)C)S(=O)(=O)c1cc(N)ccc1Br. The molecule has 2 N–H and O–H groups in total. The number of rotatable bonds is 4. The Morgan fingerprint density at radius 2 is 2.00 bits per heavy atom. The van der Waals surface area contributed by atoms with Crippen LogP contribution in [0.3, 0.4) is 0 Å². The molecule has 0 heterocycles. The minimum atomic E-state index is -3.64. The number of hydrogen-bond acceptors (Lipinski definition) is 3. The van der Waals surface area contributed by atoms with E-state index in [1.807, 2.05) is 20.8 Å². The minimum absolute atomic E-state index is 0.171. The summed E-state index contributed by atoms with van der Waals surface area (Å²) in [5.41, 5.74) is 5.55. The second-order valence-corrected chi connectivity index (χ2v) is 7.87. The van der Waals surface area contributed by atoms with Gasteiger partial charge < -0.3 is 5.73 Å². The third-order valence-corrected chi connectivity index (χ3v) is 5.69. The van der Waals surface area contributed by atoms with Crippen LogP contribution in [-0.2, 0) is 10.0 Å². The maximum Gasteiger partial charge on any atom is 0.245 e. The molecule has 0 fully saturated rings. The second kappa shape index (κ2) is 5.64. The Morgan fingerprint density at radius 1 is 1.42 bits per heavy atom. The molecule has 1 aromatic carbocycles. The van der Waals surface area contributed by atoms with E-state index in [1.54, 1.807) is 18.2 Å². The van der Waals surface area contributed by atoms with Crippen LogP contribution in [0, 0.1) is 0 Å². The number of anilines is 1. The Bertz CT molecular complexity index is 577. The van der Waals surface area contributed by atoms with E-state index >= 15 is 0 Å². The standard InChI is InChI=1S/C13H19BrN2O2S/c1-5-8-16(13(2,3)4)19(17,18)12-9-10(15)6-7-11(12)14/h5-7,9H,1,8,15H2,2-4H3. The number of nitrogens with zero attached hydrogens (tertiary/aromatic N) is 1. The van der Waals surface area contributed by atoms with E-state index in [1.165, 1.54) is 10.4 Å². The smallest absolute Gasteiger partial charge is 0.245 e. The second-order valence-electron chi connectivity index (χ2n) is 5.19. The summed E-state index contributed by atoms with van der Waals surface area (Å²) in [5, 5.41) is 0. The molecule has 1 aromatic rings. The van der Waals surface area contributed by atoms with Gasteiger partial charge in [-0.1, -0.05) is 6.08 Å². The lowest BCUT2D eigenvalue weighted by atomic mass is 10.1. The van der Waals surface area contributed by atoms with Crippen molar-refractivity contribution < 1.29 is 8.42 Å². The summed E-state index contributed by atoms with van der Waals surface area (Å²) in [4.78, 5) is 0.171. The van der Waals surface area contributed by atoms with Gasteiger partial charge in [-0.05, 0) is 54.9 Å². The number of sulfonamides is 1. The third kappa shape index (κ3) is 3.58. The Hall–Kier alpha value is -0.850. The highest BCUT2D eigenvalue weighted by atomic mass is 79.9. The monoisotopic (exact) mass is 346 g/mol. The van der Waals surface area contributed by atoms with Gasteiger partial charge in [0, 0.05) is 22.2 Å². The lowest BCUT2D eigenvalue weighted by molar-refractivity contribution is 0.269. The molecule has 0 aromatic heterocycles. The summed E-state index contributed by atoms with van der Waals surface area (Å²) in [6.07, 6.45) is 1.57. The summed E-state index contributed by atoms with van der Waals surface area (Å²) in [6, 6.07) is 4.75. The lowest BCUT2D eigenvalue weighted by Gasteiger charge is -2.33. The van der Waals surface area contributed by atoms with E-state index in [9.17, 15) is 8.42 Å². The zero-order chi connectivity index (χ0) is 14.8. The van der Waals surface area contributed by atoms with Crippen LogP contribution in [0.4, 0.5) is 5.69 Å². The Balaban J connectivity index is 3.43. The first-order chi connectivity index (χ1) is 8.60. The molecule has 0 radical (unpaired) electrons. The molecule has 4 nitrogen and oxygen atoms in total. The van der Waals surface area contributed by atoms with Crippen LogP contribution in [0.1, 0.15) is 20.8 Å². The normalized spacial score (nSPS) is 12.7. The quantitative estimate of drug-likeness (QED) is 0.673. The van der Waals surface area contributed by atoms with Crippen molar-refractivity contribution in [1.82, 2.24) is 4.31 Å². The van der Waals surface area contributed by atoms with Crippen molar-refractivity contribution in [2.75, 3.05) is 12.3 Å². The van der Waals surface area contributed by atoms with E-state index in [2.05, 4.69) is 22.5 Å². The molecular formula is C13H19BrN2O2S. The van der Waals surface area contributed by atoms with Gasteiger partial charge >= 0.3 is 0 Å². The summed E-state index contributed by atoms with van der Waals surface area (Å²) in [5.74, 6) is 0. The van der Waals surface area contributed by atoms with Crippen LogP contribution in [0.25, 0.3) is 0 Å². The number of hydrogen-bond donors (Lipinski definition) is 1. The van der Waals surface area contributed by atoms with Crippen LogP contribution < -0.4 is 5.73 Å². The fourth-order valence-corrected chi connectivity index (χ4v) is 4.41. The molecule has 106 valence electrons. The average Bonchev–Trinajstić information content (AvgIpc) is 2.27. The first-order valence-corrected chi connectivity index (χ1v) is 8.03. The summed E-state index contributed by atoms with van der Waals surface area (Å²) < 4.78 is 27.4. The van der Waals surface area contributed by atoms with Crippen LogP contribution in [-0.4, -0.2) is 24.8 Å². The van der Waals surface area contributed by atoms with Crippen LogP contribution in [0.2, 0.25) is 0 Å². The number of benzene rings is 1. The number of nitrogen functional groups attached to an aromatic ring is 1. The van der Waals surface area contributed by atoms with Gasteiger partial charge in [0.1, 0.15) is 0 Å². The molecule has 0 bridgehead atoms. The number of halogens is 1. The fraction of sp³-hybridized carbons (Fsp3) is 0.385. The first-order valence-electron chi connectivity index (χ1n) is 5.79. The molecule has 19 heavy (non-hydrogen) atoms. The zero-order valence-corrected chi connectivity index (χ0v) is 13.8. The van der Waals surface area contributed by atoms with E-state index in [0.29, 0.717) is 10.2 Å². The van der Waals surface area contributed by atoms with Gasteiger partial charge in [-0.15, -0.1) is 6.58 Å². The highest BCUT2D eigenvalue weighted by molar-refractivity contribution is 9.10. The van der Waals surface area contributed by atoms with Crippen molar-refractivity contribution in [3.63, 3.8) is 0 Å². The van der Waals surface area contributed by atoms with Gasteiger partial charge in [0.25, 0.3) is 0 Å². The average molecular weight is 347 g/mol. The van der Waals surface area contributed by atoms with E-state index in [0.717, 1.165) is 0 Å². The van der Waals surface area contributed by atoms with Crippen LogP contribution in [0.15, 0.2) is 40.2 Å². The van der Waals surface area contributed by atoms with Crippen molar-refractivity contribution in [1.29, 1.82) is 0 Å². The molecule has 0 aliphatic heterocycles. The third-order valence-electron chi connectivity index (χ3n) is 2.57. The predicted octanol–water partition coefficient (Wildman–Crippen LogP) is 3.01. The predicted molar refractivity (Wildman–Crippen MR) is 82.4 cm³/mol. The summed E-state index contributed by atoms with van der Waals surface area (Å²) in [6.45, 7) is 9.39.